The van der Waals surface area contributed by atoms with Gasteiger partial charge in [-0.3, -0.25) is 4.79 Å². The predicted molar refractivity (Wildman–Crippen MR) is 55.7 cm³/mol. The molecule has 0 aliphatic carbocycles. The lowest BCUT2D eigenvalue weighted by atomic mass is 10.1. The summed E-state index contributed by atoms with van der Waals surface area (Å²) in [5.74, 6) is -0.826. The van der Waals surface area contributed by atoms with Crippen LogP contribution in [0.3, 0.4) is 0 Å². The van der Waals surface area contributed by atoms with E-state index in [1.165, 1.54) is 25.2 Å². The van der Waals surface area contributed by atoms with Crippen molar-refractivity contribution in [2.24, 2.45) is 5.73 Å². The molecule has 1 amide bonds. The monoisotopic (exact) mass is 212 g/mol. The van der Waals surface area contributed by atoms with Crippen molar-refractivity contribution >= 4 is 23.1 Å². The van der Waals surface area contributed by atoms with Crippen LogP contribution >= 0.6 is 12.2 Å². The third-order valence-corrected chi connectivity index (χ3v) is 1.94. The first-order valence-corrected chi connectivity index (χ1v) is 4.28. The smallest absolute Gasteiger partial charge is 0.251 e. The molecular weight excluding hydrogens is 203 g/mol. The summed E-state index contributed by atoms with van der Waals surface area (Å²) in [5.41, 5.74) is 5.70. The average Bonchev–Trinajstić information content (AvgIpc) is 2.17. The molecule has 0 radical (unpaired) electrons. The van der Waals surface area contributed by atoms with Crippen LogP contribution in [0.5, 0.6) is 0 Å². The molecule has 3 nitrogen and oxygen atoms in total. The molecule has 1 rings (SSSR count). The Hall–Kier alpha value is -1.49. The Morgan fingerprint density at radius 2 is 2.21 bits per heavy atom. The van der Waals surface area contributed by atoms with Crippen LogP contribution in [-0.4, -0.2) is 17.9 Å². The van der Waals surface area contributed by atoms with Gasteiger partial charge >= 0.3 is 0 Å². The van der Waals surface area contributed by atoms with Gasteiger partial charge in [0.05, 0.1) is 0 Å². The van der Waals surface area contributed by atoms with Gasteiger partial charge in [0.25, 0.3) is 5.91 Å². The zero-order valence-corrected chi connectivity index (χ0v) is 8.32. The van der Waals surface area contributed by atoms with Gasteiger partial charge in [-0.05, 0) is 18.2 Å². The summed E-state index contributed by atoms with van der Waals surface area (Å²) in [6, 6.07) is 3.87. The quantitative estimate of drug-likeness (QED) is 0.714. The standard InChI is InChI=1S/C9H9FN2OS/c1-12-9(13)5-2-3-7(10)6(4-5)8(11)14/h2-4H,1H3,(H2,11,14)(H,12,13). The molecule has 5 heteroatoms. The van der Waals surface area contributed by atoms with Gasteiger partial charge in [-0.25, -0.2) is 4.39 Å². The Morgan fingerprint density at radius 3 is 2.71 bits per heavy atom. The summed E-state index contributed by atoms with van der Waals surface area (Å²) in [7, 11) is 1.49. The molecule has 3 N–H and O–H groups in total. The topological polar surface area (TPSA) is 55.1 Å². The van der Waals surface area contributed by atoms with Gasteiger partial charge < -0.3 is 11.1 Å². The Kier molecular flexibility index (Phi) is 3.14. The van der Waals surface area contributed by atoms with Crippen molar-refractivity contribution in [2.45, 2.75) is 0 Å². The SMILES string of the molecule is CNC(=O)c1ccc(F)c(C(N)=S)c1. The first kappa shape index (κ1) is 10.6. The van der Waals surface area contributed by atoms with Crippen molar-refractivity contribution in [1.82, 2.24) is 5.32 Å². The molecule has 14 heavy (non-hydrogen) atoms. The van der Waals surface area contributed by atoms with E-state index in [0.29, 0.717) is 5.56 Å². The van der Waals surface area contributed by atoms with Crippen molar-refractivity contribution < 1.29 is 9.18 Å². The highest BCUT2D eigenvalue weighted by molar-refractivity contribution is 7.80. The maximum absolute atomic E-state index is 13.1. The summed E-state index contributed by atoms with van der Waals surface area (Å²) in [4.78, 5) is 11.1. The third-order valence-electron chi connectivity index (χ3n) is 1.72. The van der Waals surface area contributed by atoms with E-state index < -0.39 is 5.82 Å². The second-order valence-electron chi connectivity index (χ2n) is 2.64. The summed E-state index contributed by atoms with van der Waals surface area (Å²) in [6.45, 7) is 0. The van der Waals surface area contributed by atoms with Crippen LogP contribution in [0.1, 0.15) is 15.9 Å². The molecule has 0 saturated carbocycles. The number of benzene rings is 1. The van der Waals surface area contributed by atoms with E-state index in [2.05, 4.69) is 17.5 Å². The van der Waals surface area contributed by atoms with Gasteiger partial charge in [0.2, 0.25) is 0 Å². The maximum Gasteiger partial charge on any atom is 0.251 e. The molecule has 74 valence electrons. The number of rotatable bonds is 2. The largest absolute Gasteiger partial charge is 0.389 e. The van der Waals surface area contributed by atoms with Crippen LogP contribution in [0.15, 0.2) is 18.2 Å². The molecule has 1 aromatic rings. The highest BCUT2D eigenvalue weighted by Crippen LogP contribution is 2.10. The van der Waals surface area contributed by atoms with E-state index in [1.807, 2.05) is 0 Å². The zero-order valence-electron chi connectivity index (χ0n) is 7.50. The first-order chi connectivity index (χ1) is 6.56. The summed E-state index contributed by atoms with van der Waals surface area (Å²) in [5, 5.41) is 2.42. The number of carbonyl (C=O) groups is 1. The van der Waals surface area contributed by atoms with Gasteiger partial charge in [-0.2, -0.15) is 0 Å². The lowest BCUT2D eigenvalue weighted by Crippen LogP contribution is -2.19. The van der Waals surface area contributed by atoms with Crippen molar-refractivity contribution in [3.63, 3.8) is 0 Å². The van der Waals surface area contributed by atoms with Gasteiger partial charge in [0.1, 0.15) is 10.8 Å². The summed E-state index contributed by atoms with van der Waals surface area (Å²) >= 11 is 4.64. The molecule has 0 fully saturated rings. The number of nitrogens with two attached hydrogens (primary N) is 1. The van der Waals surface area contributed by atoms with Crippen molar-refractivity contribution in [3.8, 4) is 0 Å². The number of hydrogen-bond donors (Lipinski definition) is 2. The predicted octanol–water partition coefficient (Wildman–Crippen LogP) is 0.820. The summed E-state index contributed by atoms with van der Waals surface area (Å²) < 4.78 is 13.1. The minimum atomic E-state index is -0.523. The van der Waals surface area contributed by atoms with Crippen LogP contribution in [-0.2, 0) is 0 Å². The lowest BCUT2D eigenvalue weighted by molar-refractivity contribution is 0.0963. The number of hydrogen-bond acceptors (Lipinski definition) is 2. The maximum atomic E-state index is 13.1. The fraction of sp³-hybridized carbons (Fsp3) is 0.111. The molecule has 0 aromatic heterocycles. The van der Waals surface area contributed by atoms with Gasteiger partial charge in [-0.1, -0.05) is 12.2 Å². The molecule has 0 bridgehead atoms. The number of nitrogens with one attached hydrogen (secondary N) is 1. The average molecular weight is 212 g/mol. The van der Waals surface area contributed by atoms with Crippen LogP contribution in [0, 0.1) is 5.82 Å². The van der Waals surface area contributed by atoms with Gasteiger partial charge in [-0.15, -0.1) is 0 Å². The minimum absolute atomic E-state index is 0.0618. The molecule has 1 aromatic carbocycles. The van der Waals surface area contributed by atoms with E-state index >= 15 is 0 Å². The Bertz CT molecular complexity index is 392. The lowest BCUT2D eigenvalue weighted by Gasteiger charge is -2.03. The van der Waals surface area contributed by atoms with E-state index in [9.17, 15) is 9.18 Å². The number of carbonyl (C=O) groups excluding carboxylic acids is 1. The molecule has 0 heterocycles. The first-order valence-electron chi connectivity index (χ1n) is 3.87. The van der Waals surface area contributed by atoms with Crippen molar-refractivity contribution in [1.29, 1.82) is 0 Å². The van der Waals surface area contributed by atoms with Crippen molar-refractivity contribution in [3.05, 3.63) is 35.1 Å². The molecule has 0 aliphatic rings. The molecule has 0 spiro atoms. The molecular formula is C9H9FN2OS. The summed E-state index contributed by atoms with van der Waals surface area (Å²) in [6.07, 6.45) is 0. The Balaban J connectivity index is 3.19. The highest BCUT2D eigenvalue weighted by Gasteiger charge is 2.09. The van der Waals surface area contributed by atoms with E-state index in [4.69, 9.17) is 5.73 Å². The van der Waals surface area contributed by atoms with Crippen LogP contribution in [0.4, 0.5) is 4.39 Å². The molecule has 0 saturated heterocycles. The van der Waals surface area contributed by atoms with E-state index in [1.54, 1.807) is 0 Å². The molecule has 0 aliphatic heterocycles. The minimum Gasteiger partial charge on any atom is -0.389 e. The van der Waals surface area contributed by atoms with Crippen molar-refractivity contribution in [2.75, 3.05) is 7.05 Å². The fourth-order valence-corrected chi connectivity index (χ4v) is 1.16. The Morgan fingerprint density at radius 1 is 1.57 bits per heavy atom. The normalized spacial score (nSPS) is 9.57. The van der Waals surface area contributed by atoms with Crippen LogP contribution in [0.25, 0.3) is 0 Å². The number of amides is 1. The van der Waals surface area contributed by atoms with Crippen LogP contribution < -0.4 is 11.1 Å². The molecule has 0 unspecified atom stereocenters. The number of thiocarbonyl (C=S) groups is 1. The molecule has 0 atom stereocenters. The van der Waals surface area contributed by atoms with E-state index in [0.717, 1.165) is 0 Å². The van der Waals surface area contributed by atoms with Crippen LogP contribution in [0.2, 0.25) is 0 Å². The van der Waals surface area contributed by atoms with E-state index in [-0.39, 0.29) is 16.5 Å². The fourth-order valence-electron chi connectivity index (χ4n) is 1.000. The third kappa shape index (κ3) is 2.05. The number of halogens is 1. The second-order valence-corrected chi connectivity index (χ2v) is 3.08. The second kappa shape index (κ2) is 4.15. The zero-order chi connectivity index (χ0) is 10.7. The highest BCUT2D eigenvalue weighted by atomic mass is 32.1. The van der Waals surface area contributed by atoms with Gasteiger partial charge in [0, 0.05) is 18.2 Å². The van der Waals surface area contributed by atoms with Gasteiger partial charge in [0.15, 0.2) is 0 Å². The Labute approximate surface area is 86.1 Å².